The first-order valence-electron chi connectivity index (χ1n) is 7.37. The van der Waals surface area contributed by atoms with Gasteiger partial charge in [0.2, 0.25) is 5.91 Å². The third-order valence-corrected chi connectivity index (χ3v) is 3.59. The van der Waals surface area contributed by atoms with Crippen molar-refractivity contribution in [1.29, 1.82) is 0 Å². The lowest BCUT2D eigenvalue weighted by atomic mass is 10.2. The fourth-order valence-electron chi connectivity index (χ4n) is 2.39. The maximum absolute atomic E-state index is 12.5. The average molecular weight is 361 g/mol. The molecule has 1 saturated heterocycles. The lowest BCUT2D eigenvalue weighted by molar-refractivity contribution is -0.138. The molecule has 1 fully saturated rings. The number of halogens is 3. The van der Waals surface area contributed by atoms with Crippen molar-refractivity contribution in [3.8, 4) is 11.5 Å². The minimum atomic E-state index is -4.50. The predicted molar refractivity (Wildman–Crippen MR) is 82.9 cm³/mol. The summed E-state index contributed by atoms with van der Waals surface area (Å²) >= 11 is 0. The number of methoxy groups -OCH3 is 2. The number of benzene rings is 1. The van der Waals surface area contributed by atoms with Crippen molar-refractivity contribution < 1.29 is 32.2 Å². The minimum absolute atomic E-state index is 0.207. The maximum atomic E-state index is 12.5. The number of rotatable bonds is 6. The highest BCUT2D eigenvalue weighted by Crippen LogP contribution is 2.34. The number of amides is 3. The van der Waals surface area contributed by atoms with Gasteiger partial charge in [-0.15, -0.1) is 0 Å². The molecular weight excluding hydrogens is 343 g/mol. The van der Waals surface area contributed by atoms with Gasteiger partial charge in [0, 0.05) is 19.2 Å². The molecule has 1 aromatic rings. The summed E-state index contributed by atoms with van der Waals surface area (Å²) in [6, 6.07) is 4.43. The Morgan fingerprint density at radius 3 is 2.56 bits per heavy atom. The third kappa shape index (κ3) is 4.68. The molecule has 0 spiro atoms. The molecule has 10 heteroatoms. The molecule has 0 unspecified atom stereocenters. The first-order valence-corrected chi connectivity index (χ1v) is 7.37. The highest BCUT2D eigenvalue weighted by Gasteiger charge is 2.34. The van der Waals surface area contributed by atoms with Crippen LogP contribution in [0.15, 0.2) is 18.2 Å². The van der Waals surface area contributed by atoms with E-state index in [0.29, 0.717) is 17.2 Å². The first-order chi connectivity index (χ1) is 11.7. The Labute approximate surface area is 142 Å². The lowest BCUT2D eigenvalue weighted by Crippen LogP contribution is -2.42. The quantitative estimate of drug-likeness (QED) is 0.836. The molecule has 1 aliphatic rings. The zero-order chi connectivity index (χ0) is 18.6. The van der Waals surface area contributed by atoms with Gasteiger partial charge in [0.25, 0.3) is 0 Å². The Morgan fingerprint density at radius 2 is 1.96 bits per heavy atom. The largest absolute Gasteiger partial charge is 0.497 e. The number of anilines is 1. The Bertz CT molecular complexity index is 651. The third-order valence-electron chi connectivity index (χ3n) is 3.59. The average Bonchev–Trinajstić information content (AvgIpc) is 2.92. The van der Waals surface area contributed by atoms with E-state index in [4.69, 9.17) is 9.47 Å². The van der Waals surface area contributed by atoms with Gasteiger partial charge in [0.15, 0.2) is 0 Å². The van der Waals surface area contributed by atoms with Gasteiger partial charge < -0.3 is 19.7 Å². The summed E-state index contributed by atoms with van der Waals surface area (Å²) in [4.78, 5) is 26.6. The number of nitrogens with one attached hydrogen (secondary N) is 1. The van der Waals surface area contributed by atoms with Crippen molar-refractivity contribution in [3.63, 3.8) is 0 Å². The molecule has 0 aromatic heterocycles. The van der Waals surface area contributed by atoms with E-state index in [1.165, 1.54) is 24.0 Å². The maximum Gasteiger partial charge on any atom is 0.405 e. The summed E-state index contributed by atoms with van der Waals surface area (Å²) in [5, 5.41) is 1.74. The zero-order valence-corrected chi connectivity index (χ0v) is 13.7. The van der Waals surface area contributed by atoms with E-state index in [9.17, 15) is 22.8 Å². The van der Waals surface area contributed by atoms with Crippen molar-refractivity contribution in [2.24, 2.45) is 0 Å². The summed E-state index contributed by atoms with van der Waals surface area (Å²) in [5.74, 6) is 0.0904. The van der Waals surface area contributed by atoms with Gasteiger partial charge in [-0.3, -0.25) is 9.69 Å². The highest BCUT2D eigenvalue weighted by molar-refractivity contribution is 5.97. The Kier molecular flexibility index (Phi) is 5.60. The van der Waals surface area contributed by atoms with Crippen LogP contribution >= 0.6 is 0 Å². The molecule has 0 atom stereocenters. The Balaban J connectivity index is 2.05. The van der Waals surface area contributed by atoms with Gasteiger partial charge in [0.1, 0.15) is 24.6 Å². The molecule has 3 amide bonds. The van der Waals surface area contributed by atoms with E-state index < -0.39 is 31.2 Å². The summed E-state index contributed by atoms with van der Waals surface area (Å²) in [6.07, 6.45) is -4.50. The van der Waals surface area contributed by atoms with Gasteiger partial charge in [-0.25, -0.2) is 4.79 Å². The van der Waals surface area contributed by atoms with Gasteiger partial charge in [-0.1, -0.05) is 0 Å². The van der Waals surface area contributed by atoms with Gasteiger partial charge in [-0.05, 0) is 12.1 Å². The number of urea groups is 1. The molecule has 0 saturated carbocycles. The molecule has 138 valence electrons. The molecule has 0 aliphatic carbocycles. The molecule has 1 N–H and O–H groups in total. The molecular formula is C15H18F3N3O4. The van der Waals surface area contributed by atoms with Gasteiger partial charge in [-0.2, -0.15) is 13.2 Å². The topological polar surface area (TPSA) is 71.1 Å². The zero-order valence-electron chi connectivity index (χ0n) is 13.7. The van der Waals surface area contributed by atoms with Crippen LogP contribution in [0.5, 0.6) is 11.5 Å². The number of nitrogens with zero attached hydrogens (tertiary/aromatic N) is 2. The van der Waals surface area contributed by atoms with Crippen molar-refractivity contribution in [2.45, 2.75) is 6.18 Å². The van der Waals surface area contributed by atoms with Gasteiger partial charge >= 0.3 is 12.2 Å². The second kappa shape index (κ2) is 7.49. The summed E-state index contributed by atoms with van der Waals surface area (Å²) in [5.41, 5.74) is 0.463. The van der Waals surface area contributed by atoms with E-state index >= 15 is 0 Å². The van der Waals surface area contributed by atoms with Crippen LogP contribution in [0.25, 0.3) is 0 Å². The number of hydrogen-bond donors (Lipinski definition) is 1. The second-order valence-electron chi connectivity index (χ2n) is 5.29. The smallest absolute Gasteiger partial charge is 0.405 e. The van der Waals surface area contributed by atoms with Crippen molar-refractivity contribution in [1.82, 2.24) is 10.2 Å². The van der Waals surface area contributed by atoms with E-state index in [1.54, 1.807) is 23.5 Å². The molecule has 1 heterocycles. The van der Waals surface area contributed by atoms with Crippen molar-refractivity contribution in [3.05, 3.63) is 18.2 Å². The summed E-state index contributed by atoms with van der Waals surface area (Å²) in [7, 11) is 2.93. The highest BCUT2D eigenvalue weighted by atomic mass is 19.4. The molecule has 1 aliphatic heterocycles. The number of carbonyl (C=O) groups is 2. The fourth-order valence-corrected chi connectivity index (χ4v) is 2.39. The molecule has 25 heavy (non-hydrogen) atoms. The van der Waals surface area contributed by atoms with E-state index in [1.807, 2.05) is 0 Å². The number of alkyl halides is 3. The number of ether oxygens (including phenoxy) is 2. The SMILES string of the molecule is COc1ccc(OC)c(N2CCN(CC(=O)NCC(F)(F)F)C2=O)c1. The van der Waals surface area contributed by atoms with Crippen LogP contribution in [0.3, 0.4) is 0 Å². The monoisotopic (exact) mass is 361 g/mol. The molecule has 2 rings (SSSR count). The molecule has 0 bridgehead atoms. The molecule has 0 radical (unpaired) electrons. The predicted octanol–water partition coefficient (Wildman–Crippen LogP) is 1.62. The van der Waals surface area contributed by atoms with Crippen LogP contribution in [0, 0.1) is 0 Å². The minimum Gasteiger partial charge on any atom is -0.497 e. The Hall–Kier alpha value is -2.65. The second-order valence-corrected chi connectivity index (χ2v) is 5.29. The summed E-state index contributed by atoms with van der Waals surface area (Å²) in [6.45, 7) is -1.40. The molecule has 1 aromatic carbocycles. The van der Waals surface area contributed by atoms with Gasteiger partial charge in [0.05, 0.1) is 19.9 Å². The number of carbonyl (C=O) groups excluding carboxylic acids is 2. The normalized spacial score (nSPS) is 14.7. The van der Waals surface area contributed by atoms with Crippen LogP contribution in [-0.4, -0.2) is 63.4 Å². The number of hydrogen-bond acceptors (Lipinski definition) is 4. The van der Waals surface area contributed by atoms with Crippen LogP contribution in [-0.2, 0) is 4.79 Å². The Morgan fingerprint density at radius 1 is 1.24 bits per heavy atom. The van der Waals surface area contributed by atoms with E-state index in [-0.39, 0.29) is 13.1 Å². The van der Waals surface area contributed by atoms with Crippen LogP contribution in [0.1, 0.15) is 0 Å². The molecule has 7 nitrogen and oxygen atoms in total. The first kappa shape index (κ1) is 18.7. The summed E-state index contributed by atoms with van der Waals surface area (Å²) < 4.78 is 46.7. The van der Waals surface area contributed by atoms with Crippen molar-refractivity contribution in [2.75, 3.05) is 45.3 Å². The van der Waals surface area contributed by atoms with Crippen LogP contribution in [0.2, 0.25) is 0 Å². The van der Waals surface area contributed by atoms with Crippen LogP contribution < -0.4 is 19.7 Å². The lowest BCUT2D eigenvalue weighted by Gasteiger charge is -2.21. The van der Waals surface area contributed by atoms with Crippen molar-refractivity contribution >= 4 is 17.6 Å². The van der Waals surface area contributed by atoms with Crippen LogP contribution in [0.4, 0.5) is 23.7 Å². The van der Waals surface area contributed by atoms with E-state index in [2.05, 4.69) is 0 Å². The fraction of sp³-hybridized carbons (Fsp3) is 0.467. The standard InChI is InChI=1S/C15H18F3N3O4/c1-24-10-3-4-12(25-2)11(7-10)21-6-5-20(14(21)23)8-13(22)19-9-15(16,17)18/h3-4,7H,5-6,8-9H2,1-2H3,(H,19,22). The van der Waals surface area contributed by atoms with E-state index in [0.717, 1.165) is 0 Å².